The Morgan fingerprint density at radius 2 is 1.21 bits per heavy atom. The van der Waals surface area contributed by atoms with E-state index in [1.165, 1.54) is 16.7 Å². The number of nitrogens with one attached hydrogen (secondary N) is 1. The molecule has 0 amide bonds. The van der Waals surface area contributed by atoms with E-state index >= 15 is 0 Å². The highest BCUT2D eigenvalue weighted by molar-refractivity contribution is 5.31. The second kappa shape index (κ2) is 8.28. The molecule has 2 atom stereocenters. The molecule has 0 spiro atoms. The summed E-state index contributed by atoms with van der Waals surface area (Å²) >= 11 is 0. The van der Waals surface area contributed by atoms with E-state index in [1.54, 1.807) is 0 Å². The van der Waals surface area contributed by atoms with Gasteiger partial charge in [-0.1, -0.05) is 97.1 Å². The average molecular weight is 313 g/mol. The van der Waals surface area contributed by atoms with E-state index < -0.39 is 0 Å². The first-order valence-electron chi connectivity index (χ1n) is 8.38. The van der Waals surface area contributed by atoms with Crippen molar-refractivity contribution >= 4 is 0 Å². The molecule has 0 bridgehead atoms. The third-order valence-corrected chi connectivity index (χ3v) is 4.33. The smallest absolute Gasteiger partial charge is 0.0427 e. The van der Waals surface area contributed by atoms with Crippen LogP contribution in [-0.2, 0) is 6.54 Å². The first-order chi connectivity index (χ1) is 11.9. The van der Waals surface area contributed by atoms with Crippen molar-refractivity contribution in [1.82, 2.24) is 5.32 Å². The molecule has 0 unspecified atom stereocenters. The fraction of sp³-hybridized carbons (Fsp3) is 0.130. The predicted molar refractivity (Wildman–Crippen MR) is 102 cm³/mol. The zero-order valence-corrected chi connectivity index (χ0v) is 13.8. The summed E-state index contributed by atoms with van der Waals surface area (Å²) in [5.74, 6) is 0.220. The van der Waals surface area contributed by atoms with Gasteiger partial charge in [0.05, 0.1) is 0 Å². The Morgan fingerprint density at radius 3 is 1.75 bits per heavy atom. The van der Waals surface area contributed by atoms with Crippen LogP contribution in [0.15, 0.2) is 104 Å². The zero-order valence-electron chi connectivity index (χ0n) is 13.8. The van der Waals surface area contributed by atoms with Gasteiger partial charge in [-0.05, 0) is 16.7 Å². The molecule has 0 aromatic heterocycles. The molecule has 3 aromatic carbocycles. The van der Waals surface area contributed by atoms with Crippen LogP contribution in [-0.4, -0.2) is 0 Å². The molecule has 3 aromatic rings. The standard InChI is InChI=1S/C23H23N/c1-2-22(20-14-8-4-9-15-20)23(21-16-10-5-11-17-21)24-18-19-12-6-3-7-13-19/h2-17,22-24H,1,18H2/t22-,23+/m0/s1. The molecule has 0 radical (unpaired) electrons. The Balaban J connectivity index is 1.88. The van der Waals surface area contributed by atoms with E-state index in [0.717, 1.165) is 6.54 Å². The summed E-state index contributed by atoms with van der Waals surface area (Å²) in [4.78, 5) is 0. The van der Waals surface area contributed by atoms with E-state index in [4.69, 9.17) is 0 Å². The van der Waals surface area contributed by atoms with Gasteiger partial charge in [0.2, 0.25) is 0 Å². The van der Waals surface area contributed by atoms with Gasteiger partial charge in [-0.3, -0.25) is 0 Å². The molecule has 0 aliphatic carbocycles. The molecule has 0 aliphatic rings. The Kier molecular flexibility index (Phi) is 5.60. The van der Waals surface area contributed by atoms with Crippen molar-refractivity contribution in [2.45, 2.75) is 18.5 Å². The molecular weight excluding hydrogens is 290 g/mol. The van der Waals surface area contributed by atoms with Gasteiger partial charge >= 0.3 is 0 Å². The second-order valence-corrected chi connectivity index (χ2v) is 5.93. The lowest BCUT2D eigenvalue weighted by molar-refractivity contribution is 0.492. The Bertz CT molecular complexity index is 735. The highest BCUT2D eigenvalue weighted by Crippen LogP contribution is 2.32. The summed E-state index contributed by atoms with van der Waals surface area (Å²) in [7, 11) is 0. The molecule has 24 heavy (non-hydrogen) atoms. The molecule has 1 N–H and O–H groups in total. The van der Waals surface area contributed by atoms with Crippen molar-refractivity contribution in [3.05, 3.63) is 120 Å². The van der Waals surface area contributed by atoms with Gasteiger partial charge in [-0.15, -0.1) is 6.58 Å². The molecular formula is C23H23N. The lowest BCUT2D eigenvalue weighted by Gasteiger charge is -2.27. The van der Waals surface area contributed by atoms with Crippen molar-refractivity contribution in [3.63, 3.8) is 0 Å². The van der Waals surface area contributed by atoms with Crippen LogP contribution in [0.2, 0.25) is 0 Å². The summed E-state index contributed by atoms with van der Waals surface area (Å²) < 4.78 is 0. The van der Waals surface area contributed by atoms with E-state index in [0.29, 0.717) is 0 Å². The van der Waals surface area contributed by atoms with Crippen molar-refractivity contribution in [2.24, 2.45) is 0 Å². The molecule has 0 fully saturated rings. The van der Waals surface area contributed by atoms with E-state index in [2.05, 4.69) is 103 Å². The zero-order chi connectivity index (χ0) is 16.6. The van der Waals surface area contributed by atoms with Crippen LogP contribution in [0.1, 0.15) is 28.7 Å². The third-order valence-electron chi connectivity index (χ3n) is 4.33. The average Bonchev–Trinajstić information content (AvgIpc) is 2.67. The van der Waals surface area contributed by atoms with Gasteiger partial charge in [-0.25, -0.2) is 0 Å². The van der Waals surface area contributed by atoms with Gasteiger partial charge < -0.3 is 5.32 Å². The van der Waals surface area contributed by atoms with Crippen LogP contribution in [0.4, 0.5) is 0 Å². The Hall–Kier alpha value is -2.64. The summed E-state index contributed by atoms with van der Waals surface area (Å²) in [5, 5.41) is 3.73. The molecule has 0 aliphatic heterocycles. The van der Waals surface area contributed by atoms with Gasteiger partial charge in [0.15, 0.2) is 0 Å². The van der Waals surface area contributed by atoms with Crippen molar-refractivity contribution in [1.29, 1.82) is 0 Å². The minimum Gasteiger partial charge on any atom is -0.305 e. The summed E-state index contributed by atoms with van der Waals surface area (Å²) in [6.45, 7) is 4.93. The minimum absolute atomic E-state index is 0.186. The second-order valence-electron chi connectivity index (χ2n) is 5.93. The minimum atomic E-state index is 0.186. The van der Waals surface area contributed by atoms with E-state index in [1.807, 2.05) is 6.08 Å². The van der Waals surface area contributed by atoms with Crippen molar-refractivity contribution in [2.75, 3.05) is 0 Å². The maximum Gasteiger partial charge on any atom is 0.0427 e. The molecule has 0 saturated heterocycles. The summed E-state index contributed by atoms with van der Waals surface area (Å²) in [6, 6.07) is 31.9. The maximum absolute atomic E-state index is 4.10. The van der Waals surface area contributed by atoms with Gasteiger partial charge in [0.25, 0.3) is 0 Å². The normalized spacial score (nSPS) is 13.2. The highest BCUT2D eigenvalue weighted by Gasteiger charge is 2.21. The molecule has 1 nitrogen and oxygen atoms in total. The molecule has 3 rings (SSSR count). The number of hydrogen-bond acceptors (Lipinski definition) is 1. The van der Waals surface area contributed by atoms with E-state index in [-0.39, 0.29) is 12.0 Å². The van der Waals surface area contributed by atoms with Gasteiger partial charge in [-0.2, -0.15) is 0 Å². The van der Waals surface area contributed by atoms with Crippen LogP contribution in [0.3, 0.4) is 0 Å². The number of rotatable bonds is 7. The largest absolute Gasteiger partial charge is 0.305 e. The monoisotopic (exact) mass is 313 g/mol. The lowest BCUT2D eigenvalue weighted by Crippen LogP contribution is -2.26. The van der Waals surface area contributed by atoms with E-state index in [9.17, 15) is 0 Å². The fourth-order valence-electron chi connectivity index (χ4n) is 3.08. The number of hydrogen-bond donors (Lipinski definition) is 1. The van der Waals surface area contributed by atoms with Crippen LogP contribution >= 0.6 is 0 Å². The molecule has 0 heterocycles. The molecule has 0 saturated carbocycles. The highest BCUT2D eigenvalue weighted by atomic mass is 14.9. The topological polar surface area (TPSA) is 12.0 Å². The van der Waals surface area contributed by atoms with Crippen LogP contribution in [0.25, 0.3) is 0 Å². The fourth-order valence-corrected chi connectivity index (χ4v) is 3.08. The third kappa shape index (κ3) is 4.01. The Labute approximate surface area is 144 Å². The van der Waals surface area contributed by atoms with Gasteiger partial charge in [0, 0.05) is 18.5 Å². The quantitative estimate of drug-likeness (QED) is 0.569. The van der Waals surface area contributed by atoms with Crippen molar-refractivity contribution < 1.29 is 0 Å². The SMILES string of the molecule is C=C[C@@H](c1ccccc1)[C@H](NCc1ccccc1)c1ccccc1. The van der Waals surface area contributed by atoms with Crippen molar-refractivity contribution in [3.8, 4) is 0 Å². The first kappa shape index (κ1) is 16.2. The van der Waals surface area contributed by atoms with Crippen LogP contribution in [0, 0.1) is 0 Å². The molecule has 120 valence electrons. The summed E-state index contributed by atoms with van der Waals surface area (Å²) in [6.07, 6.45) is 2.05. The predicted octanol–water partition coefficient (Wildman–Crippen LogP) is 5.49. The van der Waals surface area contributed by atoms with Gasteiger partial charge in [0.1, 0.15) is 0 Å². The van der Waals surface area contributed by atoms with Crippen LogP contribution in [0.5, 0.6) is 0 Å². The van der Waals surface area contributed by atoms with Crippen LogP contribution < -0.4 is 5.32 Å². The summed E-state index contributed by atoms with van der Waals surface area (Å²) in [5.41, 5.74) is 3.85. The molecule has 1 heteroatoms. The maximum atomic E-state index is 4.10. The first-order valence-corrected chi connectivity index (χ1v) is 8.38. The number of benzene rings is 3. The lowest BCUT2D eigenvalue weighted by atomic mass is 9.87. The Morgan fingerprint density at radius 1 is 0.708 bits per heavy atom.